The molecular formula is C15H9BrClNO2. The summed E-state index contributed by atoms with van der Waals surface area (Å²) in [6, 6.07) is 12.6. The van der Waals surface area contributed by atoms with Gasteiger partial charge in [0.25, 0.3) is 5.91 Å². The van der Waals surface area contributed by atoms with Gasteiger partial charge in [0.1, 0.15) is 11.8 Å². The van der Waals surface area contributed by atoms with E-state index in [2.05, 4.69) is 21.2 Å². The van der Waals surface area contributed by atoms with Gasteiger partial charge < -0.3 is 9.73 Å². The fourth-order valence-corrected chi connectivity index (χ4v) is 2.42. The van der Waals surface area contributed by atoms with Crippen LogP contribution in [0.1, 0.15) is 10.4 Å². The van der Waals surface area contributed by atoms with Crippen LogP contribution in [0.25, 0.3) is 11.0 Å². The number of benzene rings is 2. The average molecular weight is 351 g/mol. The zero-order valence-electron chi connectivity index (χ0n) is 10.2. The van der Waals surface area contributed by atoms with Gasteiger partial charge in [-0.15, -0.1) is 0 Å². The van der Waals surface area contributed by atoms with Crippen molar-refractivity contribution in [1.82, 2.24) is 0 Å². The first kappa shape index (κ1) is 13.2. The molecule has 3 rings (SSSR count). The maximum atomic E-state index is 12.3. The molecule has 0 saturated heterocycles. The van der Waals surface area contributed by atoms with Gasteiger partial charge >= 0.3 is 0 Å². The van der Waals surface area contributed by atoms with Gasteiger partial charge in [0.05, 0.1) is 10.6 Å². The van der Waals surface area contributed by atoms with Crippen molar-refractivity contribution in [3.63, 3.8) is 0 Å². The van der Waals surface area contributed by atoms with Crippen molar-refractivity contribution < 1.29 is 9.21 Å². The largest absolute Gasteiger partial charge is 0.463 e. The summed E-state index contributed by atoms with van der Waals surface area (Å²) in [4.78, 5) is 12.3. The van der Waals surface area contributed by atoms with Crippen LogP contribution < -0.4 is 5.32 Å². The van der Waals surface area contributed by atoms with E-state index in [1.165, 1.54) is 6.26 Å². The van der Waals surface area contributed by atoms with Gasteiger partial charge in [-0.25, -0.2) is 0 Å². The fraction of sp³-hybridized carbons (Fsp3) is 0. The van der Waals surface area contributed by atoms with Crippen LogP contribution in [-0.2, 0) is 0 Å². The molecule has 0 aliphatic carbocycles. The molecule has 3 nitrogen and oxygen atoms in total. The topological polar surface area (TPSA) is 42.2 Å². The van der Waals surface area contributed by atoms with Crippen molar-refractivity contribution in [3.05, 3.63) is 63.8 Å². The summed E-state index contributed by atoms with van der Waals surface area (Å²) < 4.78 is 6.09. The first-order valence-corrected chi connectivity index (χ1v) is 7.05. The van der Waals surface area contributed by atoms with Crippen molar-refractivity contribution in [2.24, 2.45) is 0 Å². The van der Waals surface area contributed by atoms with E-state index >= 15 is 0 Å². The standard InChI is InChI=1S/C15H9BrClNO2/c16-12-7-9(5-6-13(12)17)18-15(19)11-8-20-14-4-2-1-3-10(11)14/h1-8H,(H,18,19). The maximum absolute atomic E-state index is 12.3. The smallest absolute Gasteiger partial charge is 0.259 e. The predicted octanol–water partition coefficient (Wildman–Crippen LogP) is 5.10. The third kappa shape index (κ3) is 2.44. The Bertz CT molecular complexity index is 797. The van der Waals surface area contributed by atoms with Crippen molar-refractivity contribution in [1.29, 1.82) is 0 Å². The minimum Gasteiger partial charge on any atom is -0.463 e. The van der Waals surface area contributed by atoms with Gasteiger partial charge in [0, 0.05) is 15.5 Å². The lowest BCUT2D eigenvalue weighted by molar-refractivity contribution is 0.102. The number of furan rings is 1. The van der Waals surface area contributed by atoms with E-state index in [1.54, 1.807) is 18.2 Å². The number of anilines is 1. The highest BCUT2D eigenvalue weighted by molar-refractivity contribution is 9.10. The molecule has 2 aromatic carbocycles. The molecule has 0 spiro atoms. The van der Waals surface area contributed by atoms with Crippen LogP contribution in [-0.4, -0.2) is 5.91 Å². The molecule has 0 radical (unpaired) electrons. The molecule has 0 aliphatic rings. The average Bonchev–Trinajstić information content (AvgIpc) is 2.87. The Kier molecular flexibility index (Phi) is 3.51. The van der Waals surface area contributed by atoms with E-state index in [9.17, 15) is 4.79 Å². The molecule has 0 aliphatic heterocycles. The number of hydrogen-bond donors (Lipinski definition) is 1. The van der Waals surface area contributed by atoms with Crippen LogP contribution in [0, 0.1) is 0 Å². The monoisotopic (exact) mass is 349 g/mol. The molecule has 5 heteroatoms. The Morgan fingerprint density at radius 2 is 2.00 bits per heavy atom. The summed E-state index contributed by atoms with van der Waals surface area (Å²) in [5, 5.41) is 4.20. The van der Waals surface area contributed by atoms with E-state index in [0.717, 1.165) is 9.86 Å². The Hall–Kier alpha value is -1.78. The molecule has 0 fully saturated rings. The third-order valence-corrected chi connectivity index (χ3v) is 4.12. The minimum absolute atomic E-state index is 0.218. The van der Waals surface area contributed by atoms with Gasteiger partial charge in [-0.05, 0) is 40.2 Å². The highest BCUT2D eigenvalue weighted by Gasteiger charge is 2.13. The number of fused-ring (bicyclic) bond motifs is 1. The number of carbonyl (C=O) groups excluding carboxylic acids is 1. The second kappa shape index (κ2) is 5.31. The molecule has 20 heavy (non-hydrogen) atoms. The van der Waals surface area contributed by atoms with Gasteiger partial charge in [-0.1, -0.05) is 29.8 Å². The van der Waals surface area contributed by atoms with Crippen molar-refractivity contribution in [3.8, 4) is 0 Å². The second-order valence-electron chi connectivity index (χ2n) is 4.23. The van der Waals surface area contributed by atoms with E-state index in [4.69, 9.17) is 16.0 Å². The van der Waals surface area contributed by atoms with Gasteiger partial charge in [0.15, 0.2) is 0 Å². The summed E-state index contributed by atoms with van der Waals surface area (Å²) in [6.07, 6.45) is 1.46. The second-order valence-corrected chi connectivity index (χ2v) is 5.49. The van der Waals surface area contributed by atoms with E-state index in [-0.39, 0.29) is 5.91 Å². The number of nitrogens with one attached hydrogen (secondary N) is 1. The van der Waals surface area contributed by atoms with Crippen molar-refractivity contribution in [2.75, 3.05) is 5.32 Å². The van der Waals surface area contributed by atoms with Crippen molar-refractivity contribution >= 4 is 50.1 Å². The highest BCUT2D eigenvalue weighted by Crippen LogP contribution is 2.27. The van der Waals surface area contributed by atoms with Crippen molar-refractivity contribution in [2.45, 2.75) is 0 Å². The van der Waals surface area contributed by atoms with Crippen LogP contribution in [0.4, 0.5) is 5.69 Å². The summed E-state index contributed by atoms with van der Waals surface area (Å²) >= 11 is 9.24. The zero-order valence-corrected chi connectivity index (χ0v) is 12.5. The van der Waals surface area contributed by atoms with Gasteiger partial charge in [0.2, 0.25) is 0 Å². The predicted molar refractivity (Wildman–Crippen MR) is 83.3 cm³/mol. The molecule has 0 bridgehead atoms. The molecule has 0 saturated carbocycles. The Morgan fingerprint density at radius 1 is 1.20 bits per heavy atom. The molecule has 100 valence electrons. The van der Waals surface area contributed by atoms with Gasteiger partial charge in [-0.3, -0.25) is 4.79 Å². The quantitative estimate of drug-likeness (QED) is 0.698. The number of rotatable bonds is 2. The normalized spacial score (nSPS) is 10.7. The van der Waals surface area contributed by atoms with Crippen LogP contribution in [0.5, 0.6) is 0 Å². The Morgan fingerprint density at radius 3 is 2.80 bits per heavy atom. The maximum Gasteiger partial charge on any atom is 0.259 e. The zero-order chi connectivity index (χ0) is 14.1. The molecule has 1 N–H and O–H groups in total. The van der Waals surface area contributed by atoms with Gasteiger partial charge in [-0.2, -0.15) is 0 Å². The molecule has 1 amide bonds. The number of para-hydroxylation sites is 1. The minimum atomic E-state index is -0.218. The summed E-state index contributed by atoms with van der Waals surface area (Å²) in [7, 11) is 0. The van der Waals surface area contributed by atoms with Crippen LogP contribution in [0.2, 0.25) is 5.02 Å². The van der Waals surface area contributed by atoms with Crippen LogP contribution in [0.3, 0.4) is 0 Å². The molecule has 1 heterocycles. The molecule has 3 aromatic rings. The summed E-state index contributed by atoms with van der Waals surface area (Å²) in [5.74, 6) is -0.218. The fourth-order valence-electron chi connectivity index (χ4n) is 1.93. The Labute approximate surface area is 128 Å². The molecule has 0 atom stereocenters. The first-order valence-electron chi connectivity index (χ1n) is 5.88. The van der Waals surface area contributed by atoms with E-state index in [1.807, 2.05) is 24.3 Å². The number of hydrogen-bond acceptors (Lipinski definition) is 2. The van der Waals surface area contributed by atoms with Crippen LogP contribution >= 0.6 is 27.5 Å². The lowest BCUT2D eigenvalue weighted by Gasteiger charge is -2.05. The molecule has 0 unspecified atom stereocenters. The van der Waals surface area contributed by atoms with E-state index < -0.39 is 0 Å². The first-order chi connectivity index (χ1) is 9.65. The highest BCUT2D eigenvalue weighted by atomic mass is 79.9. The SMILES string of the molecule is O=C(Nc1ccc(Cl)c(Br)c1)c1coc2ccccc12. The molecular weight excluding hydrogens is 342 g/mol. The molecule has 1 aromatic heterocycles. The summed E-state index contributed by atoms with van der Waals surface area (Å²) in [6.45, 7) is 0. The van der Waals surface area contributed by atoms with E-state index in [0.29, 0.717) is 21.9 Å². The van der Waals surface area contributed by atoms with Crippen LogP contribution in [0.15, 0.2) is 57.6 Å². The Balaban J connectivity index is 1.91. The number of carbonyl (C=O) groups is 1. The summed E-state index contributed by atoms with van der Waals surface area (Å²) in [5.41, 5.74) is 1.86. The lowest BCUT2D eigenvalue weighted by Crippen LogP contribution is -2.11. The third-order valence-electron chi connectivity index (χ3n) is 2.90. The number of halogens is 2. The lowest BCUT2D eigenvalue weighted by atomic mass is 10.1. The number of amides is 1.